The third-order valence-corrected chi connectivity index (χ3v) is 6.63. The van der Waals surface area contributed by atoms with Crippen LogP contribution in [0.25, 0.3) is 0 Å². The van der Waals surface area contributed by atoms with Crippen LogP contribution in [0.4, 0.5) is 0 Å². The number of hydrogen-bond acceptors (Lipinski definition) is 5. The van der Waals surface area contributed by atoms with Gasteiger partial charge in [0.15, 0.2) is 5.78 Å². The fourth-order valence-electron chi connectivity index (χ4n) is 2.31. The van der Waals surface area contributed by atoms with Crippen LogP contribution in [-0.4, -0.2) is 42.0 Å². The fraction of sp³-hybridized carbons (Fsp3) is 0.533. The van der Waals surface area contributed by atoms with E-state index in [9.17, 15) is 4.79 Å². The molecule has 1 saturated heterocycles. The largest absolute Gasteiger partial charge is 0.497 e. The number of carbonyl (C=O) groups is 1. The smallest absolute Gasteiger partial charge is 0.180 e. The number of ether oxygens (including phenoxy) is 2. The van der Waals surface area contributed by atoms with E-state index in [0.717, 1.165) is 17.9 Å². The predicted molar refractivity (Wildman–Crippen MR) is 86.7 cm³/mol. The van der Waals surface area contributed by atoms with E-state index in [1.54, 1.807) is 38.1 Å². The van der Waals surface area contributed by atoms with Crippen molar-refractivity contribution in [3.63, 3.8) is 0 Å². The Bertz CT molecular complexity index is 476. The molecular formula is C15H20O3S2. The summed E-state index contributed by atoms with van der Waals surface area (Å²) in [6, 6.07) is 5.40. The summed E-state index contributed by atoms with van der Waals surface area (Å²) in [6.45, 7) is 2.15. The number of carbonyl (C=O) groups excluding carboxylic acids is 1. The van der Waals surface area contributed by atoms with Crippen LogP contribution in [0.3, 0.4) is 0 Å². The van der Waals surface area contributed by atoms with Crippen molar-refractivity contribution in [1.29, 1.82) is 0 Å². The first-order valence-electron chi connectivity index (χ1n) is 6.70. The minimum absolute atomic E-state index is 0.0137. The Hall–Kier alpha value is -0.810. The molecule has 1 fully saturated rings. The highest BCUT2D eigenvalue weighted by atomic mass is 32.2. The average Bonchev–Trinajstić information content (AvgIpc) is 2.53. The van der Waals surface area contributed by atoms with Gasteiger partial charge < -0.3 is 9.47 Å². The highest BCUT2D eigenvalue weighted by molar-refractivity contribution is 8.07. The lowest BCUT2D eigenvalue weighted by molar-refractivity contribution is 0.0984. The number of methoxy groups -OCH3 is 2. The normalized spacial score (nSPS) is 22.4. The molecule has 0 radical (unpaired) electrons. The third-order valence-electron chi connectivity index (χ3n) is 3.38. The van der Waals surface area contributed by atoms with E-state index < -0.39 is 0 Å². The van der Waals surface area contributed by atoms with E-state index in [0.29, 0.717) is 22.3 Å². The van der Waals surface area contributed by atoms with E-state index in [2.05, 4.69) is 6.92 Å². The summed E-state index contributed by atoms with van der Waals surface area (Å²) in [4.78, 5) is 12.8. The minimum Gasteiger partial charge on any atom is -0.497 e. The van der Waals surface area contributed by atoms with Gasteiger partial charge in [-0.1, -0.05) is 6.92 Å². The highest BCUT2D eigenvalue weighted by Crippen LogP contribution is 2.37. The van der Waals surface area contributed by atoms with Crippen LogP contribution in [0.1, 0.15) is 23.7 Å². The number of ketones is 1. The monoisotopic (exact) mass is 312 g/mol. The average molecular weight is 312 g/mol. The maximum Gasteiger partial charge on any atom is 0.180 e. The molecular weight excluding hydrogens is 292 g/mol. The lowest BCUT2D eigenvalue weighted by Crippen LogP contribution is -2.33. The Kier molecular flexibility index (Phi) is 5.66. The molecule has 110 valence electrons. The summed E-state index contributed by atoms with van der Waals surface area (Å²) in [6.07, 6.45) is 1.01. The van der Waals surface area contributed by atoms with Gasteiger partial charge in [0.2, 0.25) is 0 Å². The van der Waals surface area contributed by atoms with Gasteiger partial charge in [0, 0.05) is 16.8 Å². The Balaban J connectivity index is 2.31. The Labute approximate surface area is 128 Å². The van der Waals surface area contributed by atoms with Gasteiger partial charge in [0.1, 0.15) is 11.5 Å². The van der Waals surface area contributed by atoms with Gasteiger partial charge in [-0.05, 0) is 24.6 Å². The van der Waals surface area contributed by atoms with Crippen LogP contribution >= 0.6 is 23.5 Å². The quantitative estimate of drug-likeness (QED) is 0.777. The molecule has 0 saturated carbocycles. The van der Waals surface area contributed by atoms with E-state index >= 15 is 0 Å². The molecule has 2 unspecified atom stereocenters. The SMILES string of the molecule is CCC1SCCSC1C(=O)c1cc(OC)ccc1OC. The van der Waals surface area contributed by atoms with Crippen LogP contribution in [0.5, 0.6) is 11.5 Å². The van der Waals surface area contributed by atoms with Crippen LogP contribution in [0.15, 0.2) is 18.2 Å². The number of hydrogen-bond donors (Lipinski definition) is 0. The molecule has 20 heavy (non-hydrogen) atoms. The third kappa shape index (κ3) is 3.26. The first-order chi connectivity index (χ1) is 9.71. The van der Waals surface area contributed by atoms with Gasteiger partial charge in [0.05, 0.1) is 25.0 Å². The maximum absolute atomic E-state index is 12.8. The lowest BCUT2D eigenvalue weighted by Gasteiger charge is -2.29. The minimum atomic E-state index is 0.0137. The predicted octanol–water partition coefficient (Wildman–Crippen LogP) is 3.51. The zero-order chi connectivity index (χ0) is 14.5. The van der Waals surface area contributed by atoms with Crippen LogP contribution < -0.4 is 9.47 Å². The molecule has 0 aromatic heterocycles. The van der Waals surface area contributed by atoms with Crippen molar-refractivity contribution in [3.05, 3.63) is 23.8 Å². The number of benzene rings is 1. The van der Waals surface area contributed by atoms with E-state index in [1.165, 1.54) is 0 Å². The number of thioether (sulfide) groups is 2. The number of Topliss-reactive ketones (excluding diaryl/α,β-unsaturated/α-hetero) is 1. The van der Waals surface area contributed by atoms with E-state index in [1.807, 2.05) is 17.8 Å². The molecule has 0 aliphatic carbocycles. The molecule has 2 atom stereocenters. The van der Waals surface area contributed by atoms with Crippen molar-refractivity contribution in [2.45, 2.75) is 23.8 Å². The molecule has 5 heteroatoms. The van der Waals surface area contributed by atoms with Crippen LogP contribution in [-0.2, 0) is 0 Å². The van der Waals surface area contributed by atoms with Crippen LogP contribution in [0, 0.1) is 0 Å². The summed E-state index contributed by atoms with van der Waals surface area (Å²) < 4.78 is 10.6. The molecule has 3 nitrogen and oxygen atoms in total. The van der Waals surface area contributed by atoms with Gasteiger partial charge >= 0.3 is 0 Å². The summed E-state index contributed by atoms with van der Waals surface area (Å²) in [5.74, 6) is 3.63. The summed E-state index contributed by atoms with van der Waals surface area (Å²) >= 11 is 3.67. The van der Waals surface area contributed by atoms with Gasteiger partial charge in [0.25, 0.3) is 0 Å². The molecule has 0 bridgehead atoms. The molecule has 1 heterocycles. The van der Waals surface area contributed by atoms with Crippen molar-refractivity contribution in [2.24, 2.45) is 0 Å². The molecule has 0 N–H and O–H groups in total. The van der Waals surface area contributed by atoms with Gasteiger partial charge in [-0.25, -0.2) is 0 Å². The second kappa shape index (κ2) is 7.27. The van der Waals surface area contributed by atoms with Gasteiger partial charge in [-0.2, -0.15) is 11.8 Å². The molecule has 1 aliphatic rings. The second-order valence-corrected chi connectivity index (χ2v) is 7.14. The molecule has 1 aromatic rings. The summed E-state index contributed by atoms with van der Waals surface area (Å²) in [5, 5.41) is 0.400. The molecule has 2 rings (SSSR count). The van der Waals surface area contributed by atoms with Gasteiger partial charge in [-0.15, -0.1) is 11.8 Å². The van der Waals surface area contributed by atoms with Crippen molar-refractivity contribution in [1.82, 2.24) is 0 Å². The van der Waals surface area contributed by atoms with Crippen molar-refractivity contribution in [2.75, 3.05) is 25.7 Å². The highest BCUT2D eigenvalue weighted by Gasteiger charge is 2.33. The lowest BCUT2D eigenvalue weighted by atomic mass is 10.0. The molecule has 0 amide bonds. The topological polar surface area (TPSA) is 35.5 Å². The molecule has 0 spiro atoms. The number of rotatable bonds is 5. The first-order valence-corrected chi connectivity index (χ1v) is 8.80. The fourth-order valence-corrected chi connectivity index (χ4v) is 5.32. The summed E-state index contributed by atoms with van der Waals surface area (Å²) in [5.41, 5.74) is 0.630. The zero-order valence-electron chi connectivity index (χ0n) is 12.0. The first kappa shape index (κ1) is 15.6. The van der Waals surface area contributed by atoms with Crippen molar-refractivity contribution in [3.8, 4) is 11.5 Å². The van der Waals surface area contributed by atoms with Crippen molar-refractivity contribution < 1.29 is 14.3 Å². The molecule has 1 aromatic carbocycles. The Morgan fingerprint density at radius 1 is 1.25 bits per heavy atom. The Morgan fingerprint density at radius 2 is 2.00 bits per heavy atom. The van der Waals surface area contributed by atoms with Crippen molar-refractivity contribution >= 4 is 29.3 Å². The molecule has 1 aliphatic heterocycles. The Morgan fingerprint density at radius 3 is 2.65 bits per heavy atom. The van der Waals surface area contributed by atoms with E-state index in [4.69, 9.17) is 9.47 Å². The van der Waals surface area contributed by atoms with Crippen LogP contribution in [0.2, 0.25) is 0 Å². The second-order valence-electron chi connectivity index (χ2n) is 4.54. The summed E-state index contributed by atoms with van der Waals surface area (Å²) in [7, 11) is 3.20. The van der Waals surface area contributed by atoms with E-state index in [-0.39, 0.29) is 11.0 Å². The zero-order valence-corrected chi connectivity index (χ0v) is 13.7. The standard InChI is InChI=1S/C15H20O3S2/c1-4-13-15(20-8-7-19-13)14(16)11-9-10(17-2)5-6-12(11)18-3/h5-6,9,13,15H,4,7-8H2,1-3H3. The maximum atomic E-state index is 12.8. The van der Waals surface area contributed by atoms with Gasteiger partial charge in [-0.3, -0.25) is 4.79 Å².